The summed E-state index contributed by atoms with van der Waals surface area (Å²) in [7, 11) is 3.15. The van der Waals surface area contributed by atoms with E-state index in [0.717, 1.165) is 11.1 Å². The van der Waals surface area contributed by atoms with E-state index in [0.29, 0.717) is 47.7 Å². The van der Waals surface area contributed by atoms with Gasteiger partial charge in [-0.05, 0) is 60.7 Å². The van der Waals surface area contributed by atoms with E-state index in [9.17, 15) is 15.0 Å². The minimum Gasteiger partial charge on any atom is -0.496 e. The van der Waals surface area contributed by atoms with Crippen LogP contribution >= 0.6 is 0 Å². The third-order valence-electron chi connectivity index (χ3n) is 5.82. The fourth-order valence-electron chi connectivity index (χ4n) is 3.94. The molecule has 8 heteroatoms. The van der Waals surface area contributed by atoms with Gasteiger partial charge in [0.05, 0.1) is 31.5 Å². The maximum absolute atomic E-state index is 11.8. The molecule has 0 amide bonds. The topological polar surface area (TPSA) is 103 Å². The molecule has 184 valence electrons. The molecule has 2 N–H and O–H groups in total. The van der Waals surface area contributed by atoms with Crippen molar-refractivity contribution in [3.8, 4) is 11.5 Å². The Morgan fingerprint density at radius 3 is 2.26 bits per heavy atom. The van der Waals surface area contributed by atoms with Crippen LogP contribution in [0.15, 0.2) is 30.3 Å². The van der Waals surface area contributed by atoms with Crippen molar-refractivity contribution in [3.05, 3.63) is 58.4 Å². The number of benzene rings is 1. The van der Waals surface area contributed by atoms with Gasteiger partial charge in [0.2, 0.25) is 0 Å². The molecule has 0 spiro atoms. The van der Waals surface area contributed by atoms with Crippen LogP contribution < -0.4 is 9.47 Å². The first kappa shape index (κ1) is 25.5. The average molecular weight is 471 g/mol. The summed E-state index contributed by atoms with van der Waals surface area (Å²) in [4.78, 5) is 11.8. The summed E-state index contributed by atoms with van der Waals surface area (Å²) in [5.41, 5.74) is 3.80. The molecular weight excluding hydrogens is 436 g/mol. The summed E-state index contributed by atoms with van der Waals surface area (Å²) in [5.74, 6) is 0.453. The summed E-state index contributed by atoms with van der Waals surface area (Å²) in [6, 6.07) is 8.99. The Morgan fingerprint density at radius 2 is 1.74 bits per heavy atom. The molecule has 2 atom stereocenters. The fourth-order valence-corrected chi connectivity index (χ4v) is 3.94. The third-order valence-corrected chi connectivity index (χ3v) is 5.82. The zero-order valence-electron chi connectivity index (χ0n) is 20.7. The second-order valence-electron chi connectivity index (χ2n) is 8.84. The van der Waals surface area contributed by atoms with Crippen molar-refractivity contribution in [3.63, 3.8) is 0 Å². The second-order valence-corrected chi connectivity index (χ2v) is 8.84. The molecule has 0 aliphatic carbocycles. The number of fused-ring (bicyclic) bond motifs is 1. The standard InChI is InChI=1S/C26H34N2O6/c1-7-17-8-20-12-19(27-28(20)21(9-17)26(30)31)13-24(34-14-15(2)3)25(29)18-10-22(32-5)16(4)23(11-18)33-6/h8-12,15,24-25,29H,7,13-14H2,1-6H3,(H,30,31)/t24-,25+/m0/s1. The van der Waals surface area contributed by atoms with Crippen LogP contribution in [0.3, 0.4) is 0 Å². The Morgan fingerprint density at radius 1 is 1.09 bits per heavy atom. The van der Waals surface area contributed by atoms with Gasteiger partial charge in [0.15, 0.2) is 5.69 Å². The first-order valence-electron chi connectivity index (χ1n) is 11.5. The van der Waals surface area contributed by atoms with Crippen molar-refractivity contribution in [2.45, 2.75) is 52.7 Å². The van der Waals surface area contributed by atoms with Crippen molar-refractivity contribution >= 4 is 11.5 Å². The monoisotopic (exact) mass is 470 g/mol. The Bertz CT molecular complexity index is 1130. The number of aliphatic hydroxyl groups is 1. The number of hydrogen-bond donors (Lipinski definition) is 2. The normalized spacial score (nSPS) is 13.3. The van der Waals surface area contributed by atoms with Gasteiger partial charge in [0.1, 0.15) is 17.6 Å². The number of nitrogens with zero attached hydrogens (tertiary/aromatic N) is 2. The molecular formula is C26H34N2O6. The van der Waals surface area contributed by atoms with Crippen molar-refractivity contribution < 1.29 is 29.2 Å². The van der Waals surface area contributed by atoms with Crippen LogP contribution in [-0.4, -0.2) is 52.7 Å². The van der Waals surface area contributed by atoms with Gasteiger partial charge in [-0.1, -0.05) is 20.8 Å². The number of aromatic carboxylic acids is 1. The van der Waals surface area contributed by atoms with Crippen LogP contribution in [0, 0.1) is 12.8 Å². The molecule has 2 heterocycles. The molecule has 0 unspecified atom stereocenters. The molecule has 1 aromatic carbocycles. The maximum atomic E-state index is 11.8. The molecule has 3 aromatic rings. The summed E-state index contributed by atoms with van der Waals surface area (Å²) >= 11 is 0. The first-order valence-corrected chi connectivity index (χ1v) is 11.5. The minimum atomic E-state index is -1.04. The lowest BCUT2D eigenvalue weighted by molar-refractivity contribution is -0.0477. The highest BCUT2D eigenvalue weighted by molar-refractivity contribution is 5.87. The molecule has 2 aromatic heterocycles. The molecule has 0 saturated carbocycles. The molecule has 34 heavy (non-hydrogen) atoms. The predicted octanol–water partition coefficient (Wildman–Crippen LogP) is 4.24. The highest BCUT2D eigenvalue weighted by Crippen LogP contribution is 2.34. The summed E-state index contributed by atoms with van der Waals surface area (Å²) in [6.45, 7) is 8.40. The Balaban J connectivity index is 1.99. The van der Waals surface area contributed by atoms with Crippen LogP contribution in [0.25, 0.3) is 5.52 Å². The van der Waals surface area contributed by atoms with Crippen LogP contribution in [0.5, 0.6) is 11.5 Å². The van der Waals surface area contributed by atoms with Crippen molar-refractivity contribution in [2.24, 2.45) is 5.92 Å². The van der Waals surface area contributed by atoms with Crippen molar-refractivity contribution in [1.82, 2.24) is 9.61 Å². The minimum absolute atomic E-state index is 0.105. The molecule has 8 nitrogen and oxygen atoms in total. The van der Waals surface area contributed by atoms with Crippen molar-refractivity contribution in [1.29, 1.82) is 0 Å². The van der Waals surface area contributed by atoms with Gasteiger partial charge in [0.25, 0.3) is 0 Å². The lowest BCUT2D eigenvalue weighted by Gasteiger charge is -2.25. The van der Waals surface area contributed by atoms with Gasteiger partial charge in [-0.15, -0.1) is 0 Å². The number of hydrogen-bond acceptors (Lipinski definition) is 6. The zero-order valence-corrected chi connectivity index (χ0v) is 20.7. The SMILES string of the molecule is CCc1cc(C(=O)O)n2nc(C[C@H](OCC(C)C)[C@H](O)c3cc(OC)c(C)c(OC)c3)cc2c1. The molecule has 0 bridgehead atoms. The number of aliphatic hydroxyl groups excluding tert-OH is 1. The van der Waals surface area contributed by atoms with Crippen LogP contribution in [-0.2, 0) is 17.6 Å². The largest absolute Gasteiger partial charge is 0.496 e. The number of rotatable bonds is 11. The number of aryl methyl sites for hydroxylation is 1. The molecule has 0 fully saturated rings. The van der Waals surface area contributed by atoms with Gasteiger partial charge < -0.3 is 24.4 Å². The molecule has 0 radical (unpaired) electrons. The van der Waals surface area contributed by atoms with Gasteiger partial charge >= 0.3 is 5.97 Å². The van der Waals surface area contributed by atoms with E-state index in [1.54, 1.807) is 32.4 Å². The maximum Gasteiger partial charge on any atom is 0.354 e. The molecule has 0 aliphatic heterocycles. The highest BCUT2D eigenvalue weighted by Gasteiger charge is 2.26. The molecule has 0 aliphatic rings. The first-order chi connectivity index (χ1) is 16.2. The summed E-state index contributed by atoms with van der Waals surface area (Å²) < 4.78 is 18.5. The Labute approximate surface area is 200 Å². The predicted molar refractivity (Wildman–Crippen MR) is 129 cm³/mol. The van der Waals surface area contributed by atoms with Gasteiger partial charge in [0, 0.05) is 18.6 Å². The third kappa shape index (κ3) is 5.51. The number of aromatic nitrogens is 2. The van der Waals surface area contributed by atoms with E-state index in [-0.39, 0.29) is 11.6 Å². The van der Waals surface area contributed by atoms with Crippen LogP contribution in [0.2, 0.25) is 0 Å². The van der Waals surface area contributed by atoms with Gasteiger partial charge in [-0.2, -0.15) is 5.10 Å². The Kier molecular flexibility index (Phi) is 8.17. The number of carboxylic acid groups (broad SMARTS) is 1. The second kappa shape index (κ2) is 10.9. The number of carbonyl (C=O) groups is 1. The van der Waals surface area contributed by atoms with E-state index in [4.69, 9.17) is 14.2 Å². The average Bonchev–Trinajstić information content (AvgIpc) is 3.22. The van der Waals surface area contributed by atoms with Crippen LogP contribution in [0.4, 0.5) is 0 Å². The smallest absolute Gasteiger partial charge is 0.354 e. The van der Waals surface area contributed by atoms with Crippen LogP contribution in [0.1, 0.15) is 59.7 Å². The highest BCUT2D eigenvalue weighted by atomic mass is 16.5. The number of ether oxygens (including phenoxy) is 3. The quantitative estimate of drug-likeness (QED) is 0.432. The lowest BCUT2D eigenvalue weighted by atomic mass is 9.98. The lowest BCUT2D eigenvalue weighted by Crippen LogP contribution is -2.27. The molecule has 3 rings (SSSR count). The molecule has 0 saturated heterocycles. The summed E-state index contributed by atoms with van der Waals surface area (Å²) in [5, 5.41) is 25.5. The van der Waals surface area contributed by atoms with E-state index in [1.165, 1.54) is 4.52 Å². The number of methoxy groups -OCH3 is 2. The Hall–Kier alpha value is -3.10. The van der Waals surface area contributed by atoms with E-state index >= 15 is 0 Å². The van der Waals surface area contributed by atoms with E-state index in [1.807, 2.05) is 39.8 Å². The van der Waals surface area contributed by atoms with Gasteiger partial charge in [-0.3, -0.25) is 0 Å². The van der Waals surface area contributed by atoms with Gasteiger partial charge in [-0.25, -0.2) is 9.31 Å². The number of carboxylic acids is 1. The number of pyridine rings is 1. The van der Waals surface area contributed by atoms with E-state index < -0.39 is 18.2 Å². The zero-order chi connectivity index (χ0) is 25.0. The fraction of sp³-hybridized carbons (Fsp3) is 0.462. The summed E-state index contributed by atoms with van der Waals surface area (Å²) in [6.07, 6.45) is -0.567. The van der Waals surface area contributed by atoms with E-state index in [2.05, 4.69) is 5.10 Å². The van der Waals surface area contributed by atoms with Crippen molar-refractivity contribution in [2.75, 3.05) is 20.8 Å².